The van der Waals surface area contributed by atoms with E-state index in [-0.39, 0.29) is 30.1 Å². The normalized spacial score (nSPS) is 22.0. The molecule has 2 aromatic heterocycles. The van der Waals surface area contributed by atoms with Crippen molar-refractivity contribution < 1.29 is 9.59 Å². The number of hydrogen-bond acceptors (Lipinski definition) is 5. The maximum atomic E-state index is 13.7. The Bertz CT molecular complexity index is 1310. The first-order valence-electron chi connectivity index (χ1n) is 15.9. The number of amides is 1. The van der Waals surface area contributed by atoms with E-state index in [0.717, 1.165) is 49.0 Å². The van der Waals surface area contributed by atoms with Crippen LogP contribution in [0.5, 0.6) is 0 Å². The van der Waals surface area contributed by atoms with Gasteiger partial charge in [-0.25, -0.2) is 4.98 Å². The maximum Gasteiger partial charge on any atom is 0.223 e. The average molecular weight is 577 g/mol. The number of benzene rings is 1. The summed E-state index contributed by atoms with van der Waals surface area (Å²) in [6.45, 7) is 8.72. The van der Waals surface area contributed by atoms with E-state index in [2.05, 4.69) is 73.1 Å². The third-order valence-electron chi connectivity index (χ3n) is 9.55. The Balaban J connectivity index is 1.34. The van der Waals surface area contributed by atoms with Crippen molar-refractivity contribution in [2.45, 2.75) is 116 Å². The molecule has 2 fully saturated rings. The number of Topliss-reactive ketones (excluding diaryl/α,β-unsaturated/α-hetero) is 1. The molecule has 4 heterocycles. The van der Waals surface area contributed by atoms with Crippen LogP contribution in [0.3, 0.4) is 0 Å². The van der Waals surface area contributed by atoms with E-state index < -0.39 is 0 Å². The highest BCUT2D eigenvalue weighted by atomic mass is 32.1. The zero-order valence-electron chi connectivity index (χ0n) is 25.6. The second-order valence-corrected chi connectivity index (χ2v) is 13.9. The molecule has 2 unspecified atom stereocenters. The van der Waals surface area contributed by atoms with Crippen LogP contribution in [0.25, 0.3) is 11.0 Å². The number of nitrogens with zero attached hydrogens (tertiary/aromatic N) is 3. The quantitative estimate of drug-likeness (QED) is 0.228. The summed E-state index contributed by atoms with van der Waals surface area (Å²) in [4.78, 5) is 36.1. The first-order chi connectivity index (χ1) is 19.8. The van der Waals surface area contributed by atoms with Crippen molar-refractivity contribution in [3.05, 3.63) is 52.0 Å². The smallest absolute Gasteiger partial charge is 0.223 e. The van der Waals surface area contributed by atoms with Crippen LogP contribution in [-0.4, -0.2) is 51.3 Å². The lowest BCUT2D eigenvalue weighted by Crippen LogP contribution is -2.56. The minimum absolute atomic E-state index is 0.0323. The largest absolute Gasteiger partial charge is 0.353 e. The molecule has 0 saturated carbocycles. The number of nitrogens with one attached hydrogen (secondary N) is 1. The fourth-order valence-electron chi connectivity index (χ4n) is 7.32. The van der Waals surface area contributed by atoms with Gasteiger partial charge in [-0.05, 0) is 87.6 Å². The highest BCUT2D eigenvalue weighted by molar-refractivity contribution is 7.09. The van der Waals surface area contributed by atoms with Crippen LogP contribution >= 0.6 is 11.3 Å². The van der Waals surface area contributed by atoms with E-state index in [1.165, 1.54) is 24.1 Å². The lowest BCUT2D eigenvalue weighted by atomic mass is 9.82. The maximum absolute atomic E-state index is 13.7. The molecule has 2 aliphatic rings. The number of carbonyl (C=O) groups excluding carboxylic acids is 2. The van der Waals surface area contributed by atoms with Crippen LogP contribution in [-0.2, 0) is 11.2 Å². The van der Waals surface area contributed by atoms with E-state index in [4.69, 9.17) is 4.98 Å². The Hall–Kier alpha value is -2.51. The van der Waals surface area contributed by atoms with Crippen LogP contribution in [0.15, 0.2) is 35.7 Å². The zero-order valence-corrected chi connectivity index (χ0v) is 26.4. The standard InChI is InChI=1S/C34H48N4O2S/c1-6-26(7-2)38-31-14-13-23(17-30(31)36-33(38)21-29-12-9-15-41-29)32(39)18-24(16-22(3)4)34(40)35-25-19-27-10-8-11-28(20-25)37(27)5/h9,12-15,17,22,24-28H,6-8,10-11,16,18-21H2,1-5H3,(H,35,40)/t24-,25?,27?,28?/m1/s1. The van der Waals surface area contributed by atoms with E-state index >= 15 is 0 Å². The lowest BCUT2D eigenvalue weighted by molar-refractivity contribution is -0.127. The molecule has 3 atom stereocenters. The summed E-state index contributed by atoms with van der Waals surface area (Å²) in [5.41, 5.74) is 2.62. The van der Waals surface area contributed by atoms with Gasteiger partial charge in [0.25, 0.3) is 0 Å². The van der Waals surface area contributed by atoms with Crippen molar-refractivity contribution in [2.75, 3.05) is 7.05 Å². The van der Waals surface area contributed by atoms with Gasteiger partial charge in [0.05, 0.1) is 11.0 Å². The number of piperidine rings is 2. The molecular weight excluding hydrogens is 528 g/mol. The molecule has 0 spiro atoms. The van der Waals surface area contributed by atoms with E-state index in [0.29, 0.717) is 36.0 Å². The molecule has 3 aromatic rings. The van der Waals surface area contributed by atoms with Gasteiger partial charge in [0, 0.05) is 53.4 Å². The molecule has 1 N–H and O–H groups in total. The summed E-state index contributed by atoms with van der Waals surface area (Å²) >= 11 is 1.75. The summed E-state index contributed by atoms with van der Waals surface area (Å²) in [7, 11) is 2.24. The molecule has 0 aliphatic carbocycles. The van der Waals surface area contributed by atoms with Crippen molar-refractivity contribution in [3.63, 3.8) is 0 Å². The Morgan fingerprint density at radius 1 is 1.10 bits per heavy atom. The summed E-state index contributed by atoms with van der Waals surface area (Å²) < 4.78 is 2.38. The van der Waals surface area contributed by atoms with Gasteiger partial charge < -0.3 is 14.8 Å². The topological polar surface area (TPSA) is 67.2 Å². The van der Waals surface area contributed by atoms with Crippen molar-refractivity contribution >= 4 is 34.1 Å². The SMILES string of the molecule is CCC(CC)n1c(Cc2cccs2)nc2cc(C(=O)C[C@@H](CC(C)C)C(=O)NC3CC4CCCC(C3)N4C)ccc21. The van der Waals surface area contributed by atoms with E-state index in [9.17, 15) is 9.59 Å². The molecule has 222 valence electrons. The third-order valence-corrected chi connectivity index (χ3v) is 10.4. The van der Waals surface area contributed by atoms with Gasteiger partial charge in [0.1, 0.15) is 5.82 Å². The highest BCUT2D eigenvalue weighted by Gasteiger charge is 2.37. The van der Waals surface area contributed by atoms with Crippen LogP contribution < -0.4 is 5.32 Å². The number of carbonyl (C=O) groups is 2. The highest BCUT2D eigenvalue weighted by Crippen LogP contribution is 2.33. The minimum Gasteiger partial charge on any atom is -0.353 e. The third kappa shape index (κ3) is 6.77. The second kappa shape index (κ2) is 13.2. The van der Waals surface area contributed by atoms with E-state index in [1.807, 2.05) is 12.1 Å². The van der Waals surface area contributed by atoms with Crippen molar-refractivity contribution in [3.8, 4) is 0 Å². The van der Waals surface area contributed by atoms with Crippen LogP contribution in [0.4, 0.5) is 0 Å². The fourth-order valence-corrected chi connectivity index (χ4v) is 8.03. The summed E-state index contributed by atoms with van der Waals surface area (Å²) in [5.74, 6) is 1.17. The molecule has 41 heavy (non-hydrogen) atoms. The molecule has 1 amide bonds. The van der Waals surface area contributed by atoms with Gasteiger partial charge in [-0.2, -0.15) is 0 Å². The van der Waals surface area contributed by atoms with Crippen molar-refractivity contribution in [1.82, 2.24) is 19.8 Å². The molecule has 2 aliphatic heterocycles. The number of imidazole rings is 1. The van der Waals surface area contributed by atoms with Gasteiger partial charge in [0.15, 0.2) is 5.78 Å². The molecule has 0 radical (unpaired) electrons. The molecule has 2 bridgehead atoms. The predicted molar refractivity (Wildman–Crippen MR) is 169 cm³/mol. The van der Waals surface area contributed by atoms with Crippen LogP contribution in [0.1, 0.15) is 113 Å². The average Bonchev–Trinajstić information content (AvgIpc) is 3.57. The lowest BCUT2D eigenvalue weighted by Gasteiger charge is -2.47. The molecule has 2 saturated heterocycles. The van der Waals surface area contributed by atoms with Crippen molar-refractivity contribution in [2.24, 2.45) is 11.8 Å². The summed E-state index contributed by atoms with van der Waals surface area (Å²) in [6, 6.07) is 11.9. The van der Waals surface area contributed by atoms with Crippen LogP contribution in [0.2, 0.25) is 0 Å². The monoisotopic (exact) mass is 576 g/mol. The summed E-state index contributed by atoms with van der Waals surface area (Å²) in [6.07, 6.45) is 9.58. The molecule has 5 rings (SSSR count). The van der Waals surface area contributed by atoms with E-state index in [1.54, 1.807) is 11.3 Å². The minimum atomic E-state index is -0.311. The second-order valence-electron chi connectivity index (χ2n) is 12.9. The number of ketones is 1. The predicted octanol–water partition coefficient (Wildman–Crippen LogP) is 7.42. The number of thiophene rings is 1. The Morgan fingerprint density at radius 2 is 1.83 bits per heavy atom. The summed E-state index contributed by atoms with van der Waals surface area (Å²) in [5, 5.41) is 5.49. The van der Waals surface area contributed by atoms with Gasteiger partial charge >= 0.3 is 0 Å². The van der Waals surface area contributed by atoms with Gasteiger partial charge in [-0.15, -0.1) is 11.3 Å². The number of hydrogen-bond donors (Lipinski definition) is 1. The van der Waals surface area contributed by atoms with Crippen molar-refractivity contribution in [1.29, 1.82) is 0 Å². The number of rotatable bonds is 12. The first-order valence-corrected chi connectivity index (χ1v) is 16.7. The Labute approximate surface area is 249 Å². The molecular formula is C34H48N4O2S. The first kappa shape index (κ1) is 30.0. The Kier molecular flexibility index (Phi) is 9.65. The molecule has 1 aromatic carbocycles. The van der Waals surface area contributed by atoms with Gasteiger partial charge in [-0.1, -0.05) is 40.2 Å². The molecule has 7 heteroatoms. The fraction of sp³-hybridized carbons (Fsp3) is 0.618. The molecule has 6 nitrogen and oxygen atoms in total. The zero-order chi connectivity index (χ0) is 29.1. The van der Waals surface area contributed by atoms with Crippen LogP contribution in [0, 0.1) is 11.8 Å². The Morgan fingerprint density at radius 3 is 2.46 bits per heavy atom. The number of aromatic nitrogens is 2. The number of fused-ring (bicyclic) bond motifs is 3. The van der Waals surface area contributed by atoms with Gasteiger partial charge in [0.2, 0.25) is 5.91 Å². The van der Waals surface area contributed by atoms with Gasteiger partial charge in [-0.3, -0.25) is 9.59 Å².